The average Bonchev–Trinajstić information content (AvgIpc) is 3.11. The maximum Gasteiger partial charge on any atom is 0.258 e. The first-order chi connectivity index (χ1) is 15.2. The molecule has 31 heavy (non-hydrogen) atoms. The van der Waals surface area contributed by atoms with Gasteiger partial charge in [0.2, 0.25) is 0 Å². The molecule has 5 rings (SSSR count). The van der Waals surface area contributed by atoms with Crippen molar-refractivity contribution in [2.75, 3.05) is 6.54 Å². The first-order valence-corrected chi connectivity index (χ1v) is 10.6. The highest BCUT2D eigenvalue weighted by Gasteiger charge is 2.18. The van der Waals surface area contributed by atoms with Gasteiger partial charge in [-0.15, -0.1) is 0 Å². The minimum Gasteiger partial charge on any atom is -0.485 e. The van der Waals surface area contributed by atoms with Crippen molar-refractivity contribution in [3.63, 3.8) is 0 Å². The number of benzene rings is 1. The number of hydrogen-bond acceptors (Lipinski definition) is 5. The topological polar surface area (TPSA) is 74.0 Å². The van der Waals surface area contributed by atoms with E-state index in [1.54, 1.807) is 35.3 Å². The fraction of sp³-hybridized carbons (Fsp3) is 0.292. The van der Waals surface area contributed by atoms with Gasteiger partial charge in [0, 0.05) is 62.3 Å². The number of nitrogens with one attached hydrogen (secondary N) is 1. The largest absolute Gasteiger partial charge is 0.485 e. The second kappa shape index (κ2) is 9.14. The van der Waals surface area contributed by atoms with Crippen molar-refractivity contribution in [1.82, 2.24) is 24.4 Å². The summed E-state index contributed by atoms with van der Waals surface area (Å²) in [7, 11) is 2.10. The van der Waals surface area contributed by atoms with Crippen LogP contribution in [0.25, 0.3) is 16.6 Å². The van der Waals surface area contributed by atoms with Crippen LogP contribution in [0.3, 0.4) is 0 Å². The number of fused-ring (bicyclic) bond motifs is 3. The van der Waals surface area contributed by atoms with Crippen molar-refractivity contribution in [3.05, 3.63) is 82.4 Å². The highest BCUT2D eigenvalue weighted by molar-refractivity contribution is 5.87. The van der Waals surface area contributed by atoms with Crippen molar-refractivity contribution < 1.29 is 4.74 Å². The summed E-state index contributed by atoms with van der Waals surface area (Å²) in [5, 5.41) is 4.69. The van der Waals surface area contributed by atoms with Crippen LogP contribution < -0.4 is 15.6 Å². The molecule has 7 heteroatoms. The molecular formula is C24H27N5O2. The molecule has 1 aliphatic heterocycles. The van der Waals surface area contributed by atoms with E-state index in [0.29, 0.717) is 11.6 Å². The quantitative estimate of drug-likeness (QED) is 0.551. The molecule has 0 bridgehead atoms. The number of pyridine rings is 1. The van der Waals surface area contributed by atoms with Crippen LogP contribution in [0.4, 0.5) is 0 Å². The smallest absolute Gasteiger partial charge is 0.258 e. The molecule has 0 spiro atoms. The third kappa shape index (κ3) is 4.09. The van der Waals surface area contributed by atoms with E-state index in [9.17, 15) is 4.79 Å². The molecule has 0 unspecified atom stereocenters. The Hall–Kier alpha value is -3.45. The number of rotatable bonds is 4. The van der Waals surface area contributed by atoms with E-state index in [2.05, 4.69) is 39.0 Å². The van der Waals surface area contributed by atoms with E-state index in [0.717, 1.165) is 30.7 Å². The number of ether oxygens (including phenoxy) is 1. The van der Waals surface area contributed by atoms with Crippen LogP contribution in [0, 0.1) is 0 Å². The second-order valence-electron chi connectivity index (χ2n) is 7.14. The zero-order valence-electron chi connectivity index (χ0n) is 18.1. The minimum absolute atomic E-state index is 0.142. The monoisotopic (exact) mass is 417 g/mol. The van der Waals surface area contributed by atoms with Gasteiger partial charge in [-0.05, 0) is 29.8 Å². The van der Waals surface area contributed by atoms with E-state index in [-0.39, 0.29) is 12.2 Å². The van der Waals surface area contributed by atoms with Gasteiger partial charge in [0.1, 0.15) is 12.4 Å². The molecular weight excluding hydrogens is 390 g/mol. The van der Waals surface area contributed by atoms with Crippen LogP contribution in [0.2, 0.25) is 0 Å². The third-order valence-corrected chi connectivity index (χ3v) is 5.42. The summed E-state index contributed by atoms with van der Waals surface area (Å²) in [4.78, 5) is 20.9. The summed E-state index contributed by atoms with van der Waals surface area (Å²) in [6.07, 6.45) is 6.09. The number of aromatic nitrogens is 4. The highest BCUT2D eigenvalue weighted by atomic mass is 16.5. The van der Waals surface area contributed by atoms with Crippen LogP contribution in [-0.2, 0) is 26.6 Å². The second-order valence-corrected chi connectivity index (χ2v) is 7.14. The predicted molar refractivity (Wildman–Crippen MR) is 122 cm³/mol. The fourth-order valence-corrected chi connectivity index (χ4v) is 3.96. The molecule has 1 aliphatic rings. The molecule has 4 aromatic rings. The molecule has 3 aromatic heterocycles. The van der Waals surface area contributed by atoms with Gasteiger partial charge >= 0.3 is 0 Å². The molecule has 0 fully saturated rings. The molecule has 0 amide bonds. The summed E-state index contributed by atoms with van der Waals surface area (Å²) < 4.78 is 9.54. The molecule has 0 atom stereocenters. The van der Waals surface area contributed by atoms with Crippen LogP contribution >= 0.6 is 0 Å². The van der Waals surface area contributed by atoms with Gasteiger partial charge in [-0.1, -0.05) is 19.9 Å². The molecule has 160 valence electrons. The van der Waals surface area contributed by atoms with Gasteiger partial charge in [-0.3, -0.25) is 9.36 Å². The lowest BCUT2D eigenvalue weighted by molar-refractivity contribution is 0.295. The number of aryl methyl sites for hydroxylation is 1. The Labute approximate surface area is 181 Å². The lowest BCUT2D eigenvalue weighted by atomic mass is 10.1. The molecule has 0 saturated heterocycles. The van der Waals surface area contributed by atoms with E-state index in [1.807, 2.05) is 19.9 Å². The Morgan fingerprint density at radius 2 is 1.94 bits per heavy atom. The average molecular weight is 418 g/mol. The first-order valence-electron chi connectivity index (χ1n) is 10.6. The molecule has 4 heterocycles. The van der Waals surface area contributed by atoms with Gasteiger partial charge in [-0.25, -0.2) is 9.97 Å². The third-order valence-electron chi connectivity index (χ3n) is 5.42. The van der Waals surface area contributed by atoms with Crippen molar-refractivity contribution in [2.24, 2.45) is 7.05 Å². The Morgan fingerprint density at radius 3 is 2.71 bits per heavy atom. The van der Waals surface area contributed by atoms with Gasteiger partial charge in [0.25, 0.3) is 5.56 Å². The summed E-state index contributed by atoms with van der Waals surface area (Å²) in [5.41, 5.74) is 4.57. The van der Waals surface area contributed by atoms with Crippen LogP contribution in [0.1, 0.15) is 30.9 Å². The standard InChI is InChI=1S/C22H21N5O2.C2H6/c1-26-19-5-9-23-13-18(19)17-4-3-15(11-20(17)26)27-10-6-16(12-22(27)28)29-14-21-24-7-2-8-25-21;1-2/h2-4,6-8,10-12,23H,5,9,13-14H2,1H3;1-2H3. The minimum atomic E-state index is -0.142. The van der Waals surface area contributed by atoms with Crippen molar-refractivity contribution in [1.29, 1.82) is 0 Å². The number of nitrogens with zero attached hydrogens (tertiary/aromatic N) is 4. The van der Waals surface area contributed by atoms with Crippen LogP contribution in [-0.4, -0.2) is 25.6 Å². The normalized spacial score (nSPS) is 12.7. The zero-order valence-corrected chi connectivity index (χ0v) is 18.1. The lowest BCUT2D eigenvalue weighted by Gasteiger charge is -2.14. The van der Waals surface area contributed by atoms with E-state index < -0.39 is 0 Å². The molecule has 0 saturated carbocycles. The number of hydrogen-bond donors (Lipinski definition) is 1. The predicted octanol–water partition coefficient (Wildman–Crippen LogP) is 3.37. The highest BCUT2D eigenvalue weighted by Crippen LogP contribution is 2.29. The van der Waals surface area contributed by atoms with Gasteiger partial charge in [0.15, 0.2) is 5.82 Å². The van der Waals surface area contributed by atoms with E-state index in [1.165, 1.54) is 22.7 Å². The first kappa shape index (κ1) is 20.8. The SMILES string of the molecule is CC.Cn1c2c(c3ccc(-n4ccc(OCc5ncccn5)cc4=O)cc31)CNCC2. The molecule has 1 aromatic carbocycles. The van der Waals surface area contributed by atoms with Crippen LogP contribution in [0.15, 0.2) is 59.8 Å². The van der Waals surface area contributed by atoms with Gasteiger partial charge in [-0.2, -0.15) is 0 Å². The Bertz CT molecular complexity index is 1240. The molecule has 1 N–H and O–H groups in total. The maximum atomic E-state index is 12.7. The molecule has 7 nitrogen and oxygen atoms in total. The molecule has 0 radical (unpaired) electrons. The summed E-state index contributed by atoms with van der Waals surface area (Å²) in [6.45, 7) is 6.11. The summed E-state index contributed by atoms with van der Waals surface area (Å²) >= 11 is 0. The van der Waals surface area contributed by atoms with E-state index in [4.69, 9.17) is 4.74 Å². The van der Waals surface area contributed by atoms with Crippen molar-refractivity contribution >= 4 is 10.9 Å². The van der Waals surface area contributed by atoms with Crippen LogP contribution in [0.5, 0.6) is 5.75 Å². The van der Waals surface area contributed by atoms with Crippen molar-refractivity contribution in [2.45, 2.75) is 33.4 Å². The molecule has 0 aliphatic carbocycles. The zero-order chi connectivity index (χ0) is 21.8. The van der Waals surface area contributed by atoms with Gasteiger partial charge < -0.3 is 14.6 Å². The maximum absolute atomic E-state index is 12.7. The Morgan fingerprint density at radius 1 is 1.13 bits per heavy atom. The van der Waals surface area contributed by atoms with Crippen molar-refractivity contribution in [3.8, 4) is 11.4 Å². The Balaban J connectivity index is 0.00000112. The van der Waals surface area contributed by atoms with Gasteiger partial charge in [0.05, 0.1) is 11.2 Å². The lowest BCUT2D eigenvalue weighted by Crippen LogP contribution is -2.24. The fourth-order valence-electron chi connectivity index (χ4n) is 3.96. The summed E-state index contributed by atoms with van der Waals surface area (Å²) in [5.74, 6) is 1.07. The Kier molecular flexibility index (Phi) is 6.13. The summed E-state index contributed by atoms with van der Waals surface area (Å²) in [6, 6.07) is 11.2. The van der Waals surface area contributed by atoms with E-state index >= 15 is 0 Å².